The van der Waals surface area contributed by atoms with Gasteiger partial charge in [-0.15, -0.1) is 0 Å². The van der Waals surface area contributed by atoms with Crippen LogP contribution in [0.5, 0.6) is 11.5 Å². The summed E-state index contributed by atoms with van der Waals surface area (Å²) in [4.78, 5) is 5.11. The molecule has 2 N–H and O–H groups in total. The van der Waals surface area contributed by atoms with Gasteiger partial charge in [0.05, 0.1) is 14.2 Å². The van der Waals surface area contributed by atoms with Crippen LogP contribution < -0.4 is 15.2 Å². The van der Waals surface area contributed by atoms with E-state index in [9.17, 15) is 0 Å². The van der Waals surface area contributed by atoms with Crippen molar-refractivity contribution < 1.29 is 9.47 Å². The molecule has 1 aliphatic heterocycles. The van der Waals surface area contributed by atoms with E-state index in [0.29, 0.717) is 17.4 Å². The summed E-state index contributed by atoms with van der Waals surface area (Å²) in [7, 11) is 5.66. The SMILES string of the molecule is COc1ccc(CN(CCCN)CCC2(Cc3ccccc3)CC(C)N(C)CC2C)cc1OC. The smallest absolute Gasteiger partial charge is 0.161 e. The fourth-order valence-corrected chi connectivity index (χ4v) is 5.64. The van der Waals surface area contributed by atoms with Crippen molar-refractivity contribution in [2.45, 2.75) is 52.1 Å². The minimum absolute atomic E-state index is 0.297. The van der Waals surface area contributed by atoms with E-state index in [0.717, 1.165) is 57.1 Å². The molecule has 2 aromatic carbocycles. The minimum Gasteiger partial charge on any atom is -0.493 e. The van der Waals surface area contributed by atoms with Gasteiger partial charge in [0.25, 0.3) is 0 Å². The fourth-order valence-electron chi connectivity index (χ4n) is 5.64. The van der Waals surface area contributed by atoms with Crippen molar-refractivity contribution in [1.82, 2.24) is 9.80 Å². The molecule has 1 fully saturated rings. The van der Waals surface area contributed by atoms with E-state index in [4.69, 9.17) is 15.2 Å². The maximum Gasteiger partial charge on any atom is 0.161 e. The van der Waals surface area contributed by atoms with Gasteiger partial charge in [-0.25, -0.2) is 0 Å². The Bertz CT molecular complexity index is 875. The van der Waals surface area contributed by atoms with Crippen LogP contribution in [0.1, 0.15) is 44.2 Å². The van der Waals surface area contributed by atoms with Crippen molar-refractivity contribution in [3.05, 3.63) is 59.7 Å². The first-order chi connectivity index (χ1) is 16.4. The highest BCUT2D eigenvalue weighted by Crippen LogP contribution is 2.44. The van der Waals surface area contributed by atoms with E-state index in [1.807, 2.05) is 6.07 Å². The molecule has 0 aromatic heterocycles. The summed E-state index contributed by atoms with van der Waals surface area (Å²) >= 11 is 0. The molecule has 0 aliphatic carbocycles. The van der Waals surface area contributed by atoms with Crippen LogP contribution in [0, 0.1) is 11.3 Å². The van der Waals surface area contributed by atoms with E-state index in [2.05, 4.69) is 73.2 Å². The van der Waals surface area contributed by atoms with Crippen molar-refractivity contribution in [2.75, 3.05) is 47.4 Å². The van der Waals surface area contributed by atoms with E-state index in [1.54, 1.807) is 14.2 Å². The van der Waals surface area contributed by atoms with Gasteiger partial charge in [-0.1, -0.05) is 43.3 Å². The summed E-state index contributed by atoms with van der Waals surface area (Å²) in [6.45, 7) is 9.71. The Balaban J connectivity index is 1.79. The van der Waals surface area contributed by atoms with E-state index in [1.165, 1.54) is 24.0 Å². The lowest BCUT2D eigenvalue weighted by Gasteiger charge is -2.50. The molecule has 0 bridgehead atoms. The lowest BCUT2D eigenvalue weighted by atomic mass is 9.63. The molecule has 1 aliphatic rings. The zero-order valence-corrected chi connectivity index (χ0v) is 21.9. The Kier molecular flexibility index (Phi) is 9.81. The van der Waals surface area contributed by atoms with Gasteiger partial charge in [0, 0.05) is 19.1 Å². The zero-order valence-electron chi connectivity index (χ0n) is 21.9. The Morgan fingerprint density at radius 3 is 2.41 bits per heavy atom. The molecule has 5 nitrogen and oxygen atoms in total. The zero-order chi connectivity index (χ0) is 24.6. The number of hydrogen-bond donors (Lipinski definition) is 1. The molecule has 3 rings (SSSR count). The summed E-state index contributed by atoms with van der Waals surface area (Å²) in [5.41, 5.74) is 8.91. The van der Waals surface area contributed by atoms with Crippen molar-refractivity contribution in [3.63, 3.8) is 0 Å². The first-order valence-corrected chi connectivity index (χ1v) is 12.8. The van der Waals surface area contributed by atoms with Crippen LogP contribution in [0.2, 0.25) is 0 Å². The van der Waals surface area contributed by atoms with Crippen LogP contribution in [-0.2, 0) is 13.0 Å². The molecule has 34 heavy (non-hydrogen) atoms. The van der Waals surface area contributed by atoms with Gasteiger partial charge in [-0.05, 0) is 93.9 Å². The third-order valence-corrected chi connectivity index (χ3v) is 7.92. The van der Waals surface area contributed by atoms with Gasteiger partial charge >= 0.3 is 0 Å². The Morgan fingerprint density at radius 1 is 1.00 bits per heavy atom. The van der Waals surface area contributed by atoms with Gasteiger partial charge in [0.15, 0.2) is 11.5 Å². The average Bonchev–Trinajstić information content (AvgIpc) is 2.85. The molecule has 188 valence electrons. The molecule has 0 saturated carbocycles. The summed E-state index contributed by atoms with van der Waals surface area (Å²) in [5.74, 6) is 2.21. The predicted octanol–water partition coefficient (Wildman–Crippen LogP) is 4.83. The van der Waals surface area contributed by atoms with Crippen LogP contribution in [0.25, 0.3) is 0 Å². The molecule has 0 radical (unpaired) electrons. The summed E-state index contributed by atoms with van der Waals surface area (Å²) < 4.78 is 11.0. The first-order valence-electron chi connectivity index (χ1n) is 12.8. The van der Waals surface area contributed by atoms with Crippen molar-refractivity contribution >= 4 is 0 Å². The fraction of sp³-hybridized carbons (Fsp3) is 0.586. The van der Waals surface area contributed by atoms with Gasteiger partial charge in [0.1, 0.15) is 0 Å². The van der Waals surface area contributed by atoms with Crippen LogP contribution >= 0.6 is 0 Å². The third kappa shape index (κ3) is 6.74. The van der Waals surface area contributed by atoms with E-state index >= 15 is 0 Å². The van der Waals surface area contributed by atoms with E-state index < -0.39 is 0 Å². The van der Waals surface area contributed by atoms with Crippen LogP contribution in [0.4, 0.5) is 0 Å². The highest BCUT2D eigenvalue weighted by atomic mass is 16.5. The predicted molar refractivity (Wildman–Crippen MR) is 142 cm³/mol. The number of nitrogens with two attached hydrogens (primary N) is 1. The normalized spacial score (nSPS) is 23.3. The van der Waals surface area contributed by atoms with Crippen molar-refractivity contribution in [3.8, 4) is 11.5 Å². The summed E-state index contributed by atoms with van der Waals surface area (Å²) in [6.07, 6.45) is 4.59. The highest BCUT2D eigenvalue weighted by Gasteiger charge is 2.42. The Labute approximate surface area is 207 Å². The lowest BCUT2D eigenvalue weighted by Crippen LogP contribution is -2.51. The van der Waals surface area contributed by atoms with Crippen molar-refractivity contribution in [2.24, 2.45) is 17.1 Å². The number of likely N-dealkylation sites (tertiary alicyclic amines) is 1. The molecule has 2 aromatic rings. The molecule has 1 saturated heterocycles. The second-order valence-electron chi connectivity index (χ2n) is 10.3. The summed E-state index contributed by atoms with van der Waals surface area (Å²) in [6, 6.07) is 17.9. The number of ether oxygens (including phenoxy) is 2. The van der Waals surface area contributed by atoms with Crippen LogP contribution in [0.3, 0.4) is 0 Å². The maximum absolute atomic E-state index is 5.91. The number of piperidine rings is 1. The number of nitrogens with zero attached hydrogens (tertiary/aromatic N) is 2. The first kappa shape index (κ1) is 26.5. The second kappa shape index (κ2) is 12.6. The molecule has 5 heteroatoms. The van der Waals surface area contributed by atoms with Gasteiger partial charge in [0.2, 0.25) is 0 Å². The molecule has 0 spiro atoms. The molecular formula is C29H45N3O2. The lowest BCUT2D eigenvalue weighted by molar-refractivity contribution is 0.00529. The van der Waals surface area contributed by atoms with Crippen LogP contribution in [-0.4, -0.2) is 63.3 Å². The monoisotopic (exact) mass is 467 g/mol. The number of methoxy groups -OCH3 is 2. The van der Waals surface area contributed by atoms with Crippen LogP contribution in [0.15, 0.2) is 48.5 Å². The quantitative estimate of drug-likeness (QED) is 0.484. The topological polar surface area (TPSA) is 51.0 Å². The molecule has 3 atom stereocenters. The highest BCUT2D eigenvalue weighted by molar-refractivity contribution is 5.42. The Hall–Kier alpha value is -2.08. The minimum atomic E-state index is 0.297. The van der Waals surface area contributed by atoms with Crippen molar-refractivity contribution in [1.29, 1.82) is 0 Å². The summed E-state index contributed by atoms with van der Waals surface area (Å²) in [5, 5.41) is 0. The molecular weight excluding hydrogens is 422 g/mol. The average molecular weight is 468 g/mol. The standard InChI is InChI=1S/C29H45N3O2/c1-23-21-31(3)24(2)19-29(23,20-25-10-7-6-8-11-25)14-17-32(16-9-15-30)22-26-12-13-27(33-4)28(18-26)34-5/h6-8,10-13,18,23-24H,9,14-17,19-22,30H2,1-5H3. The molecule has 3 unspecified atom stereocenters. The molecule has 0 amide bonds. The van der Waals surface area contributed by atoms with Gasteiger partial charge < -0.3 is 20.1 Å². The molecule has 1 heterocycles. The van der Waals surface area contributed by atoms with E-state index in [-0.39, 0.29) is 0 Å². The number of rotatable bonds is 12. The van der Waals surface area contributed by atoms with Gasteiger partial charge in [-0.3, -0.25) is 4.90 Å². The maximum atomic E-state index is 5.91. The third-order valence-electron chi connectivity index (χ3n) is 7.92. The number of benzene rings is 2. The second-order valence-corrected chi connectivity index (χ2v) is 10.3. The largest absolute Gasteiger partial charge is 0.493 e. The van der Waals surface area contributed by atoms with Gasteiger partial charge in [-0.2, -0.15) is 0 Å². The Morgan fingerprint density at radius 2 is 1.74 bits per heavy atom. The number of hydrogen-bond acceptors (Lipinski definition) is 5.